The highest BCUT2D eigenvalue weighted by atomic mass is 35.5. The maximum atomic E-state index is 12.5. The second-order valence-corrected chi connectivity index (χ2v) is 5.37. The molecule has 1 unspecified atom stereocenters. The van der Waals surface area contributed by atoms with Crippen LogP contribution in [0.15, 0.2) is 0 Å². The number of alkyl halides is 3. The summed E-state index contributed by atoms with van der Waals surface area (Å²) in [7, 11) is 0. The van der Waals surface area contributed by atoms with Crippen molar-refractivity contribution >= 4 is 18.3 Å². The highest BCUT2D eigenvalue weighted by molar-refractivity contribution is 5.85. The van der Waals surface area contributed by atoms with Gasteiger partial charge >= 0.3 is 6.18 Å². The molecule has 3 N–H and O–H groups in total. The molecule has 1 atom stereocenters. The Bertz CT molecular complexity index is 289. The fourth-order valence-electron chi connectivity index (χ4n) is 2.17. The minimum absolute atomic E-state index is 0. The molecule has 114 valence electrons. The Morgan fingerprint density at radius 3 is 2.05 bits per heavy atom. The SMILES string of the molecule is CC(C)C(N)C(=O)NC1CCC(C(F)(F)F)CC1.Cl. The highest BCUT2D eigenvalue weighted by Crippen LogP contribution is 2.37. The topological polar surface area (TPSA) is 55.1 Å². The second kappa shape index (κ2) is 7.33. The number of hydrogen-bond donors (Lipinski definition) is 2. The lowest BCUT2D eigenvalue weighted by molar-refractivity contribution is -0.182. The summed E-state index contributed by atoms with van der Waals surface area (Å²) in [4.78, 5) is 11.7. The molecule has 1 fully saturated rings. The zero-order valence-corrected chi connectivity index (χ0v) is 12.0. The van der Waals surface area contributed by atoms with E-state index < -0.39 is 18.1 Å². The van der Waals surface area contributed by atoms with Crippen molar-refractivity contribution in [3.05, 3.63) is 0 Å². The summed E-state index contributed by atoms with van der Waals surface area (Å²) in [6.45, 7) is 3.68. The fraction of sp³-hybridized carbons (Fsp3) is 0.917. The second-order valence-electron chi connectivity index (χ2n) is 5.37. The highest BCUT2D eigenvalue weighted by Gasteiger charge is 2.41. The summed E-state index contributed by atoms with van der Waals surface area (Å²) in [5, 5.41) is 2.74. The van der Waals surface area contributed by atoms with Crippen molar-refractivity contribution in [3.8, 4) is 0 Å². The van der Waals surface area contributed by atoms with Crippen LogP contribution in [-0.4, -0.2) is 24.2 Å². The van der Waals surface area contributed by atoms with E-state index in [1.54, 1.807) is 0 Å². The van der Waals surface area contributed by atoms with Gasteiger partial charge in [-0.25, -0.2) is 0 Å². The molecule has 1 amide bonds. The minimum Gasteiger partial charge on any atom is -0.352 e. The third kappa shape index (κ3) is 5.57. The lowest BCUT2D eigenvalue weighted by atomic mass is 9.85. The maximum Gasteiger partial charge on any atom is 0.391 e. The molecule has 0 spiro atoms. The number of amides is 1. The van der Waals surface area contributed by atoms with Crippen LogP contribution in [0.1, 0.15) is 39.5 Å². The predicted molar refractivity (Wildman–Crippen MR) is 70.0 cm³/mol. The third-order valence-electron chi connectivity index (χ3n) is 3.56. The molecule has 19 heavy (non-hydrogen) atoms. The van der Waals surface area contributed by atoms with Gasteiger partial charge in [0.15, 0.2) is 0 Å². The van der Waals surface area contributed by atoms with Crippen LogP contribution in [-0.2, 0) is 4.79 Å². The summed E-state index contributed by atoms with van der Waals surface area (Å²) < 4.78 is 37.4. The minimum atomic E-state index is -4.11. The predicted octanol–water partition coefficient (Wildman–Crippen LogP) is 2.63. The first-order valence-electron chi connectivity index (χ1n) is 6.34. The lowest BCUT2D eigenvalue weighted by Crippen LogP contribution is -2.49. The lowest BCUT2D eigenvalue weighted by Gasteiger charge is -2.31. The van der Waals surface area contributed by atoms with E-state index in [1.165, 1.54) is 0 Å². The van der Waals surface area contributed by atoms with Crippen molar-refractivity contribution < 1.29 is 18.0 Å². The molecule has 0 aliphatic heterocycles. The fourth-order valence-corrected chi connectivity index (χ4v) is 2.17. The van der Waals surface area contributed by atoms with E-state index in [2.05, 4.69) is 5.32 Å². The van der Waals surface area contributed by atoms with Crippen LogP contribution in [0.25, 0.3) is 0 Å². The van der Waals surface area contributed by atoms with Crippen molar-refractivity contribution in [3.63, 3.8) is 0 Å². The van der Waals surface area contributed by atoms with Crippen LogP contribution in [0.3, 0.4) is 0 Å². The standard InChI is InChI=1S/C12H21F3N2O.ClH/c1-7(2)10(16)11(18)17-9-5-3-8(4-6-9)12(13,14)15;/h7-10H,3-6,16H2,1-2H3,(H,17,18);1H. The smallest absolute Gasteiger partial charge is 0.352 e. The van der Waals surface area contributed by atoms with Crippen LogP contribution < -0.4 is 11.1 Å². The van der Waals surface area contributed by atoms with Crippen molar-refractivity contribution in [1.82, 2.24) is 5.32 Å². The van der Waals surface area contributed by atoms with E-state index >= 15 is 0 Å². The number of carbonyl (C=O) groups excluding carboxylic acids is 1. The number of nitrogens with two attached hydrogens (primary N) is 1. The van der Waals surface area contributed by atoms with Gasteiger partial charge in [0.25, 0.3) is 0 Å². The quantitative estimate of drug-likeness (QED) is 0.842. The van der Waals surface area contributed by atoms with E-state index in [0.717, 1.165) is 0 Å². The zero-order chi connectivity index (χ0) is 13.9. The number of halogens is 4. The van der Waals surface area contributed by atoms with Crippen molar-refractivity contribution in [2.75, 3.05) is 0 Å². The summed E-state index contributed by atoms with van der Waals surface area (Å²) >= 11 is 0. The van der Waals surface area contributed by atoms with E-state index in [4.69, 9.17) is 5.73 Å². The molecule has 1 aliphatic rings. The summed E-state index contributed by atoms with van der Waals surface area (Å²) in [6, 6.07) is -0.758. The van der Waals surface area contributed by atoms with E-state index in [1.807, 2.05) is 13.8 Å². The van der Waals surface area contributed by atoms with Crippen molar-refractivity contribution in [2.24, 2.45) is 17.6 Å². The third-order valence-corrected chi connectivity index (χ3v) is 3.56. The maximum absolute atomic E-state index is 12.5. The van der Waals surface area contributed by atoms with E-state index in [-0.39, 0.29) is 43.1 Å². The van der Waals surface area contributed by atoms with Gasteiger partial charge in [-0.1, -0.05) is 13.8 Å². The Hall–Kier alpha value is -0.490. The Balaban J connectivity index is 0.00000324. The molecule has 0 radical (unpaired) electrons. The molecule has 1 saturated carbocycles. The largest absolute Gasteiger partial charge is 0.391 e. The van der Waals surface area contributed by atoms with Gasteiger partial charge in [-0.2, -0.15) is 13.2 Å². The van der Waals surface area contributed by atoms with Gasteiger partial charge < -0.3 is 11.1 Å². The van der Waals surface area contributed by atoms with Gasteiger partial charge in [0, 0.05) is 6.04 Å². The summed E-state index contributed by atoms with van der Waals surface area (Å²) in [5.41, 5.74) is 5.68. The molecule has 0 bridgehead atoms. The van der Waals surface area contributed by atoms with Gasteiger partial charge in [-0.15, -0.1) is 12.4 Å². The molecule has 0 aromatic carbocycles. The number of nitrogens with one attached hydrogen (secondary N) is 1. The normalized spacial score (nSPS) is 25.6. The average molecular weight is 303 g/mol. The van der Waals surface area contributed by atoms with Crippen LogP contribution in [0.5, 0.6) is 0 Å². The zero-order valence-electron chi connectivity index (χ0n) is 11.2. The number of carbonyl (C=O) groups is 1. The van der Waals surface area contributed by atoms with Gasteiger partial charge in [0.1, 0.15) is 0 Å². The molecule has 0 saturated heterocycles. The Labute approximate surface area is 117 Å². The van der Waals surface area contributed by atoms with Crippen LogP contribution in [0, 0.1) is 11.8 Å². The van der Waals surface area contributed by atoms with Gasteiger partial charge in [-0.3, -0.25) is 4.79 Å². The Kier molecular flexibility index (Phi) is 7.15. The molecule has 0 heterocycles. The van der Waals surface area contributed by atoms with E-state index in [0.29, 0.717) is 12.8 Å². The Morgan fingerprint density at radius 1 is 1.21 bits per heavy atom. The molecular weight excluding hydrogens is 281 g/mol. The first-order chi connectivity index (χ1) is 8.21. The number of rotatable bonds is 3. The average Bonchev–Trinajstić information content (AvgIpc) is 2.27. The number of hydrogen-bond acceptors (Lipinski definition) is 2. The van der Waals surface area contributed by atoms with Gasteiger partial charge in [-0.05, 0) is 31.6 Å². The van der Waals surface area contributed by atoms with Crippen LogP contribution in [0.2, 0.25) is 0 Å². The van der Waals surface area contributed by atoms with Crippen LogP contribution >= 0.6 is 12.4 Å². The molecule has 0 aromatic heterocycles. The van der Waals surface area contributed by atoms with E-state index in [9.17, 15) is 18.0 Å². The van der Waals surface area contributed by atoms with Crippen LogP contribution in [0.4, 0.5) is 13.2 Å². The summed E-state index contributed by atoms with van der Waals surface area (Å²) in [5.74, 6) is -1.46. The molecule has 3 nitrogen and oxygen atoms in total. The molecule has 7 heteroatoms. The van der Waals surface area contributed by atoms with Crippen molar-refractivity contribution in [2.45, 2.75) is 57.8 Å². The summed E-state index contributed by atoms with van der Waals surface area (Å²) in [6.07, 6.45) is -3.18. The van der Waals surface area contributed by atoms with Gasteiger partial charge in [0.2, 0.25) is 5.91 Å². The first-order valence-corrected chi connectivity index (χ1v) is 6.34. The molecule has 1 rings (SSSR count). The molecule has 0 aromatic rings. The van der Waals surface area contributed by atoms with Gasteiger partial charge in [0.05, 0.1) is 12.0 Å². The van der Waals surface area contributed by atoms with Crippen molar-refractivity contribution in [1.29, 1.82) is 0 Å². The molecule has 1 aliphatic carbocycles. The molecular formula is C12H22ClF3N2O. The first kappa shape index (κ1) is 18.5. The monoisotopic (exact) mass is 302 g/mol. The Morgan fingerprint density at radius 2 is 1.68 bits per heavy atom.